The first-order valence-corrected chi connectivity index (χ1v) is 6.38. The molecule has 0 saturated carbocycles. The van der Waals surface area contributed by atoms with Crippen molar-refractivity contribution in [1.29, 1.82) is 0 Å². The topological polar surface area (TPSA) is 26.3 Å². The second kappa shape index (κ2) is 6.69. The molecule has 0 amide bonds. The molecule has 1 aromatic carbocycles. The lowest BCUT2D eigenvalue weighted by molar-refractivity contribution is -0.139. The van der Waals surface area contributed by atoms with E-state index in [1.165, 1.54) is 12.7 Å². The van der Waals surface area contributed by atoms with Crippen molar-refractivity contribution in [2.75, 3.05) is 7.11 Å². The Morgan fingerprint density at radius 1 is 1.31 bits per heavy atom. The minimum atomic E-state index is -0.255. The number of benzene rings is 1. The van der Waals surface area contributed by atoms with Crippen LogP contribution in [0.3, 0.4) is 0 Å². The molecule has 88 valence electrons. The molecule has 0 bridgehead atoms. The highest BCUT2D eigenvalue weighted by Gasteiger charge is 2.15. The van der Waals surface area contributed by atoms with Crippen LogP contribution in [-0.2, 0) is 22.4 Å². The molecular formula is C13H17BrO2. The van der Waals surface area contributed by atoms with Crippen molar-refractivity contribution in [3.8, 4) is 0 Å². The molecule has 3 heteroatoms. The van der Waals surface area contributed by atoms with Gasteiger partial charge >= 0.3 is 5.97 Å². The average molecular weight is 285 g/mol. The normalized spacial score (nSPS) is 12.2. The molecule has 0 aliphatic rings. The summed E-state index contributed by atoms with van der Waals surface area (Å²) in [5.41, 5.74) is 2.49. The number of carbonyl (C=O) groups is 1. The van der Waals surface area contributed by atoms with Crippen molar-refractivity contribution >= 4 is 21.9 Å². The minimum Gasteiger partial charge on any atom is -0.468 e. The van der Waals surface area contributed by atoms with E-state index in [9.17, 15) is 4.79 Å². The second-order valence-electron chi connectivity index (χ2n) is 3.76. The zero-order chi connectivity index (χ0) is 12.0. The zero-order valence-corrected chi connectivity index (χ0v) is 11.3. The van der Waals surface area contributed by atoms with Gasteiger partial charge in [0.15, 0.2) is 0 Å². The van der Waals surface area contributed by atoms with Crippen molar-refractivity contribution in [3.63, 3.8) is 0 Å². The van der Waals surface area contributed by atoms with Crippen LogP contribution in [0.15, 0.2) is 24.3 Å². The Morgan fingerprint density at radius 3 is 2.38 bits per heavy atom. The van der Waals surface area contributed by atoms with Gasteiger partial charge in [0, 0.05) is 0 Å². The predicted molar refractivity (Wildman–Crippen MR) is 68.9 cm³/mol. The molecule has 1 unspecified atom stereocenters. The lowest BCUT2D eigenvalue weighted by atomic mass is 10.0. The van der Waals surface area contributed by atoms with E-state index in [0.29, 0.717) is 6.42 Å². The van der Waals surface area contributed by atoms with E-state index < -0.39 is 0 Å². The Morgan fingerprint density at radius 2 is 1.88 bits per heavy atom. The molecule has 0 heterocycles. The van der Waals surface area contributed by atoms with Gasteiger partial charge < -0.3 is 4.74 Å². The molecule has 0 radical (unpaired) electrons. The lowest BCUT2D eigenvalue weighted by Gasteiger charge is -2.08. The van der Waals surface area contributed by atoms with Crippen LogP contribution in [0.1, 0.15) is 24.5 Å². The second-order valence-corrected chi connectivity index (χ2v) is 4.87. The number of rotatable bonds is 5. The molecule has 0 aliphatic carbocycles. The highest BCUT2D eigenvalue weighted by atomic mass is 79.9. The van der Waals surface area contributed by atoms with Gasteiger partial charge in [0.05, 0.1) is 7.11 Å². The number of hydrogen-bond acceptors (Lipinski definition) is 2. The van der Waals surface area contributed by atoms with E-state index in [4.69, 9.17) is 0 Å². The molecule has 1 atom stereocenters. The van der Waals surface area contributed by atoms with Crippen LogP contribution in [-0.4, -0.2) is 17.9 Å². The van der Waals surface area contributed by atoms with Crippen molar-refractivity contribution in [1.82, 2.24) is 0 Å². The monoisotopic (exact) mass is 284 g/mol. The Balaban J connectivity index is 2.58. The van der Waals surface area contributed by atoms with Crippen molar-refractivity contribution in [2.45, 2.75) is 31.0 Å². The molecule has 0 N–H and O–H groups in total. The number of methoxy groups -OCH3 is 1. The third-order valence-corrected chi connectivity index (χ3v) is 3.13. The quantitative estimate of drug-likeness (QED) is 0.613. The van der Waals surface area contributed by atoms with Crippen molar-refractivity contribution in [2.24, 2.45) is 0 Å². The summed E-state index contributed by atoms with van der Waals surface area (Å²) in [6.07, 6.45) is 2.93. The van der Waals surface area contributed by atoms with E-state index in [-0.39, 0.29) is 10.8 Å². The summed E-state index contributed by atoms with van der Waals surface area (Å²) in [6.45, 7) is 2.17. The molecule has 2 nitrogen and oxygen atoms in total. The fraction of sp³-hybridized carbons (Fsp3) is 0.462. The van der Waals surface area contributed by atoms with Crippen LogP contribution < -0.4 is 0 Å². The maximum atomic E-state index is 11.2. The SMILES string of the molecule is CCCc1ccc(CC(Br)C(=O)OC)cc1. The first-order valence-electron chi connectivity index (χ1n) is 5.47. The summed E-state index contributed by atoms with van der Waals surface area (Å²) in [7, 11) is 1.40. The van der Waals surface area contributed by atoms with Crippen LogP contribution in [0.2, 0.25) is 0 Å². The largest absolute Gasteiger partial charge is 0.468 e. The molecule has 0 saturated heterocycles. The third kappa shape index (κ3) is 3.97. The van der Waals surface area contributed by atoms with Gasteiger partial charge in [0.25, 0.3) is 0 Å². The minimum absolute atomic E-state index is 0.224. The summed E-state index contributed by atoms with van der Waals surface area (Å²) in [6, 6.07) is 8.38. The number of ether oxygens (including phenoxy) is 1. The Bertz CT molecular complexity index is 332. The lowest BCUT2D eigenvalue weighted by Crippen LogP contribution is -2.17. The summed E-state index contributed by atoms with van der Waals surface area (Å²) >= 11 is 3.31. The highest BCUT2D eigenvalue weighted by Crippen LogP contribution is 2.13. The first kappa shape index (κ1) is 13.2. The number of alkyl halides is 1. The standard InChI is InChI=1S/C13H17BrO2/c1-3-4-10-5-7-11(8-6-10)9-12(14)13(15)16-2/h5-8,12H,3-4,9H2,1-2H3. The van der Waals surface area contributed by atoms with Crippen LogP contribution in [0, 0.1) is 0 Å². The third-order valence-electron chi connectivity index (χ3n) is 2.43. The van der Waals surface area contributed by atoms with Crippen LogP contribution >= 0.6 is 15.9 Å². The Kier molecular flexibility index (Phi) is 5.53. The summed E-state index contributed by atoms with van der Waals surface area (Å²) in [5.74, 6) is -0.224. The van der Waals surface area contributed by atoms with E-state index in [0.717, 1.165) is 18.4 Å². The van der Waals surface area contributed by atoms with E-state index in [1.54, 1.807) is 0 Å². The fourth-order valence-electron chi connectivity index (χ4n) is 1.55. The Hall–Kier alpha value is -0.830. The average Bonchev–Trinajstić information content (AvgIpc) is 2.31. The molecule has 0 aromatic heterocycles. The smallest absolute Gasteiger partial charge is 0.319 e. The number of hydrogen-bond donors (Lipinski definition) is 0. The maximum absolute atomic E-state index is 11.2. The van der Waals surface area contributed by atoms with Gasteiger partial charge in [-0.05, 0) is 24.0 Å². The van der Waals surface area contributed by atoms with Crippen LogP contribution in [0.25, 0.3) is 0 Å². The van der Waals surface area contributed by atoms with Crippen molar-refractivity contribution < 1.29 is 9.53 Å². The maximum Gasteiger partial charge on any atom is 0.319 e. The molecular weight excluding hydrogens is 268 g/mol. The van der Waals surface area contributed by atoms with Gasteiger partial charge in [0.1, 0.15) is 4.83 Å². The predicted octanol–water partition coefficient (Wildman–Crippen LogP) is 3.12. The highest BCUT2D eigenvalue weighted by molar-refractivity contribution is 9.10. The van der Waals surface area contributed by atoms with Gasteiger partial charge in [-0.15, -0.1) is 0 Å². The molecule has 0 spiro atoms. The van der Waals surface area contributed by atoms with E-state index in [1.807, 2.05) is 0 Å². The van der Waals surface area contributed by atoms with Gasteiger partial charge in [-0.1, -0.05) is 53.5 Å². The number of carbonyl (C=O) groups excluding carboxylic acids is 1. The van der Waals surface area contributed by atoms with Crippen LogP contribution in [0.4, 0.5) is 0 Å². The molecule has 0 fully saturated rings. The van der Waals surface area contributed by atoms with Crippen molar-refractivity contribution in [3.05, 3.63) is 35.4 Å². The zero-order valence-electron chi connectivity index (χ0n) is 9.70. The fourth-order valence-corrected chi connectivity index (χ4v) is 2.11. The van der Waals surface area contributed by atoms with Gasteiger partial charge in [0.2, 0.25) is 0 Å². The van der Waals surface area contributed by atoms with Gasteiger partial charge in [-0.2, -0.15) is 0 Å². The van der Waals surface area contributed by atoms with E-state index >= 15 is 0 Å². The summed E-state index contributed by atoms with van der Waals surface area (Å²) < 4.78 is 4.66. The first-order chi connectivity index (χ1) is 7.67. The molecule has 1 aromatic rings. The Labute approximate surface area is 105 Å². The summed E-state index contributed by atoms with van der Waals surface area (Å²) in [4.78, 5) is 11.0. The van der Waals surface area contributed by atoms with E-state index in [2.05, 4.69) is 51.9 Å². The molecule has 16 heavy (non-hydrogen) atoms. The number of halogens is 1. The number of aryl methyl sites for hydroxylation is 1. The van der Waals surface area contributed by atoms with Gasteiger partial charge in [-0.25, -0.2) is 0 Å². The molecule has 1 rings (SSSR count). The summed E-state index contributed by atoms with van der Waals surface area (Å²) in [5, 5.41) is 0. The van der Waals surface area contributed by atoms with Crippen LogP contribution in [0.5, 0.6) is 0 Å². The van der Waals surface area contributed by atoms with Gasteiger partial charge in [-0.3, -0.25) is 4.79 Å². The number of esters is 1. The molecule has 0 aliphatic heterocycles.